The van der Waals surface area contributed by atoms with Crippen LogP contribution in [0, 0.1) is 5.41 Å². The summed E-state index contributed by atoms with van der Waals surface area (Å²) in [5, 5.41) is 7.55. The van der Waals surface area contributed by atoms with Gasteiger partial charge in [-0.2, -0.15) is 0 Å². The van der Waals surface area contributed by atoms with Crippen LogP contribution in [0.3, 0.4) is 0 Å². The van der Waals surface area contributed by atoms with Gasteiger partial charge in [0.25, 0.3) is 0 Å². The van der Waals surface area contributed by atoms with E-state index in [1.807, 2.05) is 18.2 Å². The second-order valence-electron chi connectivity index (χ2n) is 3.20. The van der Waals surface area contributed by atoms with Crippen molar-refractivity contribution < 1.29 is 4.74 Å². The minimum absolute atomic E-state index is 0.321. The van der Waals surface area contributed by atoms with Gasteiger partial charge in [0.2, 0.25) is 0 Å². The van der Waals surface area contributed by atoms with Crippen LogP contribution < -0.4 is 4.74 Å². The molecule has 0 aromatic heterocycles. The first-order valence-corrected chi connectivity index (χ1v) is 4.71. The van der Waals surface area contributed by atoms with Gasteiger partial charge in [0.1, 0.15) is 5.75 Å². The van der Waals surface area contributed by atoms with Gasteiger partial charge in [0.15, 0.2) is 5.84 Å². The number of hydrogen-bond donors (Lipinski definition) is 1. The molecule has 0 saturated heterocycles. The number of fused-ring (bicyclic) bond motifs is 1. The highest BCUT2D eigenvalue weighted by atomic mass is 16.5. The van der Waals surface area contributed by atoms with Gasteiger partial charge < -0.3 is 4.74 Å². The van der Waals surface area contributed by atoms with Gasteiger partial charge in [-0.1, -0.05) is 6.92 Å². The number of nitrogens with one attached hydrogen (secondary N) is 1. The van der Waals surface area contributed by atoms with Crippen LogP contribution in [0.25, 0.3) is 0 Å². The summed E-state index contributed by atoms with van der Waals surface area (Å²) >= 11 is 0. The molecule has 0 spiro atoms. The fourth-order valence-electron chi connectivity index (χ4n) is 1.37. The Morgan fingerprint density at radius 3 is 3.07 bits per heavy atom. The van der Waals surface area contributed by atoms with E-state index >= 15 is 0 Å². The van der Waals surface area contributed by atoms with E-state index in [9.17, 15) is 0 Å². The molecule has 72 valence electrons. The van der Waals surface area contributed by atoms with Crippen LogP contribution in [0.4, 0.5) is 0 Å². The van der Waals surface area contributed by atoms with E-state index in [4.69, 9.17) is 10.1 Å². The fourth-order valence-corrected chi connectivity index (χ4v) is 1.37. The quantitative estimate of drug-likeness (QED) is 0.776. The van der Waals surface area contributed by atoms with E-state index < -0.39 is 0 Å². The van der Waals surface area contributed by atoms with Gasteiger partial charge in [0, 0.05) is 17.3 Å². The number of aliphatic imine (C=N–C) groups is 1. The number of benzene rings is 1. The van der Waals surface area contributed by atoms with Crippen LogP contribution in [-0.4, -0.2) is 18.7 Å². The molecule has 0 radical (unpaired) electrons. The lowest BCUT2D eigenvalue weighted by Gasteiger charge is -2.05. The number of nitrogens with zero attached hydrogens (tertiary/aromatic N) is 1. The standard InChI is InChI=1S/C11H12N2O/c1-2-5-14-9-4-3-8-7-13-11(12)10(8)6-9/h3-4,6-7,12H,2,5H2,1H3. The monoisotopic (exact) mass is 188 g/mol. The molecule has 1 aromatic carbocycles. The SMILES string of the molecule is CCCOc1ccc2c(c1)C(=N)N=C2. The number of hydrogen-bond acceptors (Lipinski definition) is 2. The molecule has 1 aliphatic rings. The summed E-state index contributed by atoms with van der Waals surface area (Å²) in [6, 6.07) is 5.73. The van der Waals surface area contributed by atoms with E-state index in [0.29, 0.717) is 12.4 Å². The zero-order valence-electron chi connectivity index (χ0n) is 8.08. The Morgan fingerprint density at radius 1 is 1.43 bits per heavy atom. The smallest absolute Gasteiger partial charge is 0.152 e. The van der Waals surface area contributed by atoms with Crippen LogP contribution in [0.1, 0.15) is 24.5 Å². The van der Waals surface area contributed by atoms with Crippen molar-refractivity contribution in [1.29, 1.82) is 5.41 Å². The minimum Gasteiger partial charge on any atom is -0.494 e. The maximum atomic E-state index is 7.55. The van der Waals surface area contributed by atoms with Crippen LogP contribution in [0.2, 0.25) is 0 Å². The van der Waals surface area contributed by atoms with Crippen LogP contribution >= 0.6 is 0 Å². The second-order valence-corrected chi connectivity index (χ2v) is 3.20. The van der Waals surface area contributed by atoms with Gasteiger partial charge in [-0.05, 0) is 24.6 Å². The first-order valence-electron chi connectivity index (χ1n) is 4.71. The third kappa shape index (κ3) is 1.53. The molecule has 1 heterocycles. The number of ether oxygens (including phenoxy) is 1. The molecule has 1 N–H and O–H groups in total. The van der Waals surface area contributed by atoms with Crippen molar-refractivity contribution in [3.8, 4) is 5.75 Å². The molecule has 3 nitrogen and oxygen atoms in total. The zero-order chi connectivity index (χ0) is 9.97. The van der Waals surface area contributed by atoms with E-state index in [1.54, 1.807) is 6.21 Å². The van der Waals surface area contributed by atoms with E-state index in [-0.39, 0.29) is 0 Å². The second kappa shape index (κ2) is 3.62. The molecule has 14 heavy (non-hydrogen) atoms. The molecule has 2 rings (SSSR count). The highest BCUT2D eigenvalue weighted by Gasteiger charge is 2.12. The van der Waals surface area contributed by atoms with Crippen molar-refractivity contribution >= 4 is 12.1 Å². The summed E-state index contributed by atoms with van der Waals surface area (Å²) in [5.41, 5.74) is 1.86. The van der Waals surface area contributed by atoms with Crippen molar-refractivity contribution in [2.75, 3.05) is 6.61 Å². The number of amidine groups is 1. The van der Waals surface area contributed by atoms with Gasteiger partial charge in [0.05, 0.1) is 6.61 Å². The van der Waals surface area contributed by atoms with Crippen LogP contribution in [-0.2, 0) is 0 Å². The summed E-state index contributed by atoms with van der Waals surface area (Å²) in [6.45, 7) is 2.78. The highest BCUT2D eigenvalue weighted by molar-refractivity contribution is 6.14. The molecule has 0 aliphatic carbocycles. The summed E-state index contributed by atoms with van der Waals surface area (Å²) < 4.78 is 5.48. The third-order valence-corrected chi connectivity index (χ3v) is 2.09. The van der Waals surface area contributed by atoms with E-state index in [1.165, 1.54) is 0 Å². The average molecular weight is 188 g/mol. The lowest BCUT2D eigenvalue weighted by molar-refractivity contribution is 0.317. The number of rotatable bonds is 3. The van der Waals surface area contributed by atoms with Gasteiger partial charge in [-0.15, -0.1) is 0 Å². The molecule has 0 bridgehead atoms. The summed E-state index contributed by atoms with van der Waals surface area (Å²) in [5.74, 6) is 1.14. The fraction of sp³-hybridized carbons (Fsp3) is 0.273. The average Bonchev–Trinajstić information content (AvgIpc) is 2.57. The van der Waals surface area contributed by atoms with Gasteiger partial charge in [-0.3, -0.25) is 5.41 Å². The van der Waals surface area contributed by atoms with Crippen molar-refractivity contribution in [3.05, 3.63) is 29.3 Å². The molecule has 0 fully saturated rings. The maximum Gasteiger partial charge on any atom is 0.152 e. The summed E-state index contributed by atoms with van der Waals surface area (Å²) in [4.78, 5) is 3.93. The Hall–Kier alpha value is -1.64. The molecule has 3 heteroatoms. The third-order valence-electron chi connectivity index (χ3n) is 2.09. The predicted molar refractivity (Wildman–Crippen MR) is 56.7 cm³/mol. The topological polar surface area (TPSA) is 45.4 Å². The lowest BCUT2D eigenvalue weighted by atomic mass is 10.1. The largest absolute Gasteiger partial charge is 0.494 e. The van der Waals surface area contributed by atoms with Crippen LogP contribution in [0.15, 0.2) is 23.2 Å². The summed E-state index contributed by atoms with van der Waals surface area (Å²) in [7, 11) is 0. The van der Waals surface area contributed by atoms with E-state index in [0.717, 1.165) is 23.3 Å². The Labute approximate surface area is 82.9 Å². The molecule has 1 aliphatic heterocycles. The molecule has 0 amide bonds. The summed E-state index contributed by atoms with van der Waals surface area (Å²) in [6.07, 6.45) is 2.70. The van der Waals surface area contributed by atoms with E-state index in [2.05, 4.69) is 11.9 Å². The maximum absolute atomic E-state index is 7.55. The molecular formula is C11H12N2O. The first-order chi connectivity index (χ1) is 6.81. The Morgan fingerprint density at radius 2 is 2.29 bits per heavy atom. The normalized spacial score (nSPS) is 13.1. The van der Waals surface area contributed by atoms with Gasteiger partial charge >= 0.3 is 0 Å². The zero-order valence-corrected chi connectivity index (χ0v) is 8.08. The molecule has 1 aromatic rings. The van der Waals surface area contributed by atoms with Crippen molar-refractivity contribution in [3.63, 3.8) is 0 Å². The Bertz CT molecular complexity index is 396. The van der Waals surface area contributed by atoms with Gasteiger partial charge in [-0.25, -0.2) is 4.99 Å². The minimum atomic E-state index is 0.321. The molecular weight excluding hydrogens is 176 g/mol. The van der Waals surface area contributed by atoms with Crippen LogP contribution in [0.5, 0.6) is 5.75 Å². The Balaban J connectivity index is 2.24. The molecule has 0 unspecified atom stereocenters. The predicted octanol–water partition coefficient (Wildman–Crippen LogP) is 2.23. The first kappa shape index (κ1) is 8.94. The lowest BCUT2D eigenvalue weighted by Crippen LogP contribution is -1.98. The van der Waals surface area contributed by atoms with Crippen molar-refractivity contribution in [2.24, 2.45) is 4.99 Å². The molecule has 0 atom stereocenters. The molecule has 0 saturated carbocycles. The highest BCUT2D eigenvalue weighted by Crippen LogP contribution is 2.21. The Kier molecular flexibility index (Phi) is 2.31. The van der Waals surface area contributed by atoms with Crippen molar-refractivity contribution in [2.45, 2.75) is 13.3 Å². The van der Waals surface area contributed by atoms with Crippen molar-refractivity contribution in [1.82, 2.24) is 0 Å².